The van der Waals surface area contributed by atoms with Crippen LogP contribution in [0.3, 0.4) is 0 Å². The van der Waals surface area contributed by atoms with Gasteiger partial charge in [-0.05, 0) is 31.7 Å². The van der Waals surface area contributed by atoms with Crippen molar-refractivity contribution >= 4 is 17.6 Å². The summed E-state index contributed by atoms with van der Waals surface area (Å²) in [7, 11) is 2.08. The van der Waals surface area contributed by atoms with Gasteiger partial charge in [0.25, 0.3) is 0 Å². The average Bonchev–Trinajstić information content (AvgIpc) is 2.28. The van der Waals surface area contributed by atoms with Gasteiger partial charge in [-0.25, -0.2) is 4.98 Å². The van der Waals surface area contributed by atoms with E-state index in [0.29, 0.717) is 6.04 Å². The minimum atomic E-state index is 0.0514. The summed E-state index contributed by atoms with van der Waals surface area (Å²) in [6, 6.07) is 4.63. The van der Waals surface area contributed by atoms with Crippen molar-refractivity contribution in [2.45, 2.75) is 25.9 Å². The number of anilines is 1. The lowest BCUT2D eigenvalue weighted by Gasteiger charge is -2.25. The van der Waals surface area contributed by atoms with E-state index in [0.717, 1.165) is 17.1 Å². The number of thioether (sulfide) groups is 1. The van der Waals surface area contributed by atoms with E-state index >= 15 is 0 Å². The van der Waals surface area contributed by atoms with Gasteiger partial charge in [-0.1, -0.05) is 6.07 Å². The summed E-state index contributed by atoms with van der Waals surface area (Å²) < 4.78 is 0. The third-order valence-electron chi connectivity index (χ3n) is 2.73. The van der Waals surface area contributed by atoms with Crippen LogP contribution in [0.1, 0.15) is 25.5 Å². The van der Waals surface area contributed by atoms with E-state index < -0.39 is 0 Å². The Morgan fingerprint density at radius 3 is 2.56 bits per heavy atom. The third-order valence-corrected chi connectivity index (χ3v) is 3.54. The highest BCUT2D eigenvalue weighted by Gasteiger charge is 2.10. The SMILES string of the molecule is CSCC(C)N(C)c1ccc([C@@H](C)N)cn1. The summed E-state index contributed by atoms with van der Waals surface area (Å²) in [5.74, 6) is 2.11. The monoisotopic (exact) mass is 239 g/mol. The molecule has 3 nitrogen and oxygen atoms in total. The lowest BCUT2D eigenvalue weighted by Crippen LogP contribution is -2.31. The first kappa shape index (κ1) is 13.3. The van der Waals surface area contributed by atoms with Gasteiger partial charge in [-0.15, -0.1) is 0 Å². The van der Waals surface area contributed by atoms with E-state index in [9.17, 15) is 0 Å². The lowest BCUT2D eigenvalue weighted by molar-refractivity contribution is 0.749. The maximum Gasteiger partial charge on any atom is 0.128 e. The van der Waals surface area contributed by atoms with E-state index in [1.165, 1.54) is 0 Å². The van der Waals surface area contributed by atoms with Crippen molar-refractivity contribution in [1.82, 2.24) is 4.98 Å². The molecule has 0 aromatic carbocycles. The molecule has 1 heterocycles. The number of hydrogen-bond acceptors (Lipinski definition) is 4. The molecule has 0 bridgehead atoms. The second-order valence-corrected chi connectivity index (χ2v) is 5.06. The Morgan fingerprint density at radius 2 is 2.12 bits per heavy atom. The molecule has 90 valence electrons. The van der Waals surface area contributed by atoms with Crippen LogP contribution in [0, 0.1) is 0 Å². The fourth-order valence-electron chi connectivity index (χ4n) is 1.45. The third kappa shape index (κ3) is 3.39. The van der Waals surface area contributed by atoms with Gasteiger partial charge >= 0.3 is 0 Å². The Morgan fingerprint density at radius 1 is 1.44 bits per heavy atom. The highest BCUT2D eigenvalue weighted by atomic mass is 32.2. The molecule has 16 heavy (non-hydrogen) atoms. The van der Waals surface area contributed by atoms with E-state index in [1.54, 1.807) is 0 Å². The van der Waals surface area contributed by atoms with Crippen LogP contribution in [0.25, 0.3) is 0 Å². The van der Waals surface area contributed by atoms with Crippen molar-refractivity contribution in [2.24, 2.45) is 5.73 Å². The van der Waals surface area contributed by atoms with E-state index in [4.69, 9.17) is 5.73 Å². The van der Waals surface area contributed by atoms with Crippen LogP contribution in [0.4, 0.5) is 5.82 Å². The zero-order valence-electron chi connectivity index (χ0n) is 10.5. The maximum absolute atomic E-state index is 5.79. The Hall–Kier alpha value is -0.740. The summed E-state index contributed by atoms with van der Waals surface area (Å²) in [4.78, 5) is 6.64. The summed E-state index contributed by atoms with van der Waals surface area (Å²) in [5.41, 5.74) is 6.87. The van der Waals surface area contributed by atoms with Gasteiger partial charge in [-0.2, -0.15) is 11.8 Å². The van der Waals surface area contributed by atoms with Crippen LogP contribution in [0.2, 0.25) is 0 Å². The number of hydrogen-bond donors (Lipinski definition) is 1. The molecule has 2 N–H and O–H groups in total. The molecule has 1 unspecified atom stereocenters. The van der Waals surface area contributed by atoms with Crippen molar-refractivity contribution in [3.8, 4) is 0 Å². The van der Waals surface area contributed by atoms with Crippen molar-refractivity contribution in [1.29, 1.82) is 0 Å². The molecule has 2 atom stereocenters. The molecule has 0 amide bonds. The molecule has 0 saturated carbocycles. The molecule has 1 aromatic rings. The van der Waals surface area contributed by atoms with Crippen molar-refractivity contribution in [3.63, 3.8) is 0 Å². The van der Waals surface area contributed by atoms with Crippen molar-refractivity contribution in [3.05, 3.63) is 23.9 Å². The molecule has 1 aromatic heterocycles. The molecule has 4 heteroatoms. The van der Waals surface area contributed by atoms with Gasteiger partial charge in [0.1, 0.15) is 5.82 Å². The predicted octanol–water partition coefficient (Wildman–Crippen LogP) is 2.29. The van der Waals surface area contributed by atoms with Crippen molar-refractivity contribution < 1.29 is 0 Å². The number of rotatable bonds is 5. The highest BCUT2D eigenvalue weighted by molar-refractivity contribution is 7.98. The lowest BCUT2D eigenvalue weighted by atomic mass is 10.1. The first-order valence-corrected chi connectivity index (χ1v) is 6.89. The van der Waals surface area contributed by atoms with E-state index in [-0.39, 0.29) is 6.04 Å². The molecule has 0 spiro atoms. The van der Waals surface area contributed by atoms with Gasteiger partial charge in [-0.3, -0.25) is 0 Å². The predicted molar refractivity (Wildman–Crippen MR) is 73.1 cm³/mol. The summed E-state index contributed by atoms with van der Waals surface area (Å²) in [6.07, 6.45) is 3.99. The largest absolute Gasteiger partial charge is 0.356 e. The van der Waals surface area contributed by atoms with Gasteiger partial charge in [0.15, 0.2) is 0 Å². The second kappa shape index (κ2) is 6.11. The van der Waals surface area contributed by atoms with Crippen LogP contribution in [0.15, 0.2) is 18.3 Å². The Balaban J connectivity index is 2.73. The number of aromatic nitrogens is 1. The minimum Gasteiger partial charge on any atom is -0.356 e. The normalized spacial score (nSPS) is 14.6. The molecule has 0 aliphatic carbocycles. The summed E-state index contributed by atoms with van der Waals surface area (Å²) in [5, 5.41) is 0. The number of nitrogens with two attached hydrogens (primary N) is 1. The molecule has 0 fully saturated rings. The first-order valence-electron chi connectivity index (χ1n) is 5.49. The number of pyridine rings is 1. The molecule has 0 aliphatic heterocycles. The van der Waals surface area contributed by atoms with Crippen LogP contribution >= 0.6 is 11.8 Å². The van der Waals surface area contributed by atoms with Crippen LogP contribution in [-0.4, -0.2) is 30.1 Å². The summed E-state index contributed by atoms with van der Waals surface area (Å²) >= 11 is 1.85. The fraction of sp³-hybridized carbons (Fsp3) is 0.583. The number of nitrogens with zero attached hydrogens (tertiary/aromatic N) is 2. The Kier molecular flexibility index (Phi) is 5.09. The standard InChI is InChI=1S/C12H21N3S/c1-9(8-16-4)15(3)12-6-5-11(7-14-12)10(2)13/h5-7,9-10H,8,13H2,1-4H3/t9?,10-/m1/s1. The molecule has 0 aliphatic rings. The Labute approximate surface area is 102 Å². The van der Waals surface area contributed by atoms with Gasteiger partial charge < -0.3 is 10.6 Å². The topological polar surface area (TPSA) is 42.1 Å². The second-order valence-electron chi connectivity index (χ2n) is 4.15. The van der Waals surface area contributed by atoms with Gasteiger partial charge in [0.05, 0.1) is 0 Å². The zero-order chi connectivity index (χ0) is 12.1. The van der Waals surface area contributed by atoms with Crippen LogP contribution in [-0.2, 0) is 0 Å². The minimum absolute atomic E-state index is 0.0514. The highest BCUT2D eigenvalue weighted by Crippen LogP contribution is 2.16. The van der Waals surface area contributed by atoms with Crippen LogP contribution < -0.4 is 10.6 Å². The maximum atomic E-state index is 5.79. The zero-order valence-corrected chi connectivity index (χ0v) is 11.3. The quantitative estimate of drug-likeness (QED) is 0.856. The smallest absolute Gasteiger partial charge is 0.128 e. The molecular weight excluding hydrogens is 218 g/mol. The van der Waals surface area contributed by atoms with E-state index in [2.05, 4.69) is 36.2 Å². The molecule has 0 radical (unpaired) electrons. The summed E-state index contributed by atoms with van der Waals surface area (Å²) in [6.45, 7) is 4.17. The molecule has 0 saturated heterocycles. The van der Waals surface area contributed by atoms with Crippen LogP contribution in [0.5, 0.6) is 0 Å². The van der Waals surface area contributed by atoms with Gasteiger partial charge in [0.2, 0.25) is 0 Å². The van der Waals surface area contributed by atoms with Gasteiger partial charge in [0, 0.05) is 31.1 Å². The van der Waals surface area contributed by atoms with E-state index in [1.807, 2.05) is 30.9 Å². The van der Waals surface area contributed by atoms with Crippen molar-refractivity contribution in [2.75, 3.05) is 24.0 Å². The average molecular weight is 239 g/mol. The fourth-order valence-corrected chi connectivity index (χ4v) is 2.16. The molecule has 1 rings (SSSR count). The Bertz CT molecular complexity index is 311. The first-order chi connectivity index (χ1) is 7.56. The molecular formula is C12H21N3S.